The highest BCUT2D eigenvalue weighted by molar-refractivity contribution is 7.89. The Hall–Kier alpha value is -2.72. The van der Waals surface area contributed by atoms with Gasteiger partial charge in [0.2, 0.25) is 15.8 Å². The molecule has 1 atom stereocenters. The van der Waals surface area contributed by atoms with Crippen molar-refractivity contribution in [3.8, 4) is 11.5 Å². The number of aryl methyl sites for hydroxylation is 1. The summed E-state index contributed by atoms with van der Waals surface area (Å²) in [5.74, 6) is -0.726. The van der Waals surface area contributed by atoms with Crippen molar-refractivity contribution in [2.45, 2.75) is 23.9 Å². The third kappa shape index (κ3) is 3.18. The highest BCUT2D eigenvalue weighted by Gasteiger charge is 2.48. The molecule has 1 unspecified atom stereocenters. The third-order valence-electron chi connectivity index (χ3n) is 4.72. The Labute approximate surface area is 160 Å². The van der Waals surface area contributed by atoms with E-state index in [2.05, 4.69) is 15.1 Å². The first-order valence-electron chi connectivity index (χ1n) is 8.49. The SMILES string of the molecule is Cc1ccc(S(=O)(=O)N2CCC(F)(c3noc(-c4ccncc4)n3)C2)cc1F. The van der Waals surface area contributed by atoms with E-state index >= 15 is 4.39 Å². The average Bonchev–Trinajstić information content (AvgIpc) is 3.33. The first-order chi connectivity index (χ1) is 13.3. The molecule has 0 saturated carbocycles. The van der Waals surface area contributed by atoms with Crippen molar-refractivity contribution in [3.05, 3.63) is 59.9 Å². The van der Waals surface area contributed by atoms with Crippen molar-refractivity contribution in [1.29, 1.82) is 0 Å². The Balaban J connectivity index is 1.59. The summed E-state index contributed by atoms with van der Waals surface area (Å²) in [6.07, 6.45) is 2.94. The molecule has 28 heavy (non-hydrogen) atoms. The van der Waals surface area contributed by atoms with Crippen molar-refractivity contribution in [2.24, 2.45) is 0 Å². The van der Waals surface area contributed by atoms with Crippen molar-refractivity contribution < 1.29 is 21.7 Å². The quantitative estimate of drug-likeness (QED) is 0.662. The van der Waals surface area contributed by atoms with Gasteiger partial charge in [0.25, 0.3) is 5.89 Å². The molecule has 1 aromatic carbocycles. The van der Waals surface area contributed by atoms with E-state index in [4.69, 9.17) is 4.52 Å². The molecular formula is C18H16F2N4O3S. The van der Waals surface area contributed by atoms with E-state index in [1.165, 1.54) is 31.5 Å². The molecule has 146 valence electrons. The van der Waals surface area contributed by atoms with Crippen LogP contribution in [-0.4, -0.2) is 40.9 Å². The van der Waals surface area contributed by atoms with Gasteiger partial charge in [0.1, 0.15) is 5.82 Å². The summed E-state index contributed by atoms with van der Waals surface area (Å²) in [4.78, 5) is 7.75. The van der Waals surface area contributed by atoms with E-state index in [0.29, 0.717) is 11.1 Å². The zero-order valence-corrected chi connectivity index (χ0v) is 15.7. The fourth-order valence-electron chi connectivity index (χ4n) is 3.03. The van der Waals surface area contributed by atoms with Crippen molar-refractivity contribution in [1.82, 2.24) is 19.4 Å². The van der Waals surface area contributed by atoms with Gasteiger partial charge in [0, 0.05) is 30.9 Å². The maximum Gasteiger partial charge on any atom is 0.258 e. The predicted octanol–water partition coefficient (Wildman–Crippen LogP) is 2.84. The van der Waals surface area contributed by atoms with Crippen molar-refractivity contribution >= 4 is 10.0 Å². The Morgan fingerprint density at radius 2 is 1.96 bits per heavy atom. The topological polar surface area (TPSA) is 89.2 Å². The summed E-state index contributed by atoms with van der Waals surface area (Å²) in [5, 5.41) is 3.70. The standard InChI is InChI=1S/C18H16F2N4O3S/c1-12-2-3-14(10-15(12)19)28(25,26)24-9-6-18(20,11-24)17-22-16(27-23-17)13-4-7-21-8-5-13/h2-5,7-8,10H,6,9,11H2,1H3. The number of hydrogen-bond acceptors (Lipinski definition) is 6. The summed E-state index contributed by atoms with van der Waals surface area (Å²) in [6.45, 7) is 0.985. The lowest BCUT2D eigenvalue weighted by Gasteiger charge is -2.18. The first kappa shape index (κ1) is 18.6. The van der Waals surface area contributed by atoms with E-state index in [0.717, 1.165) is 10.4 Å². The fraction of sp³-hybridized carbons (Fsp3) is 0.278. The molecule has 0 radical (unpaired) electrons. The number of benzene rings is 1. The van der Waals surface area contributed by atoms with Gasteiger partial charge in [-0.05, 0) is 36.8 Å². The first-order valence-corrected chi connectivity index (χ1v) is 9.93. The van der Waals surface area contributed by atoms with Crippen LogP contribution in [0.2, 0.25) is 0 Å². The summed E-state index contributed by atoms with van der Waals surface area (Å²) in [7, 11) is -4.04. The molecule has 1 aliphatic rings. The smallest absolute Gasteiger partial charge is 0.258 e. The van der Waals surface area contributed by atoms with Gasteiger partial charge in [-0.1, -0.05) is 11.2 Å². The van der Waals surface area contributed by atoms with Crippen LogP contribution in [0, 0.1) is 12.7 Å². The molecule has 0 amide bonds. The molecule has 0 N–H and O–H groups in total. The van der Waals surface area contributed by atoms with Crippen LogP contribution in [0.25, 0.3) is 11.5 Å². The number of nitrogens with zero attached hydrogens (tertiary/aromatic N) is 4. The minimum absolute atomic E-state index is 0.0759. The number of sulfonamides is 1. The van der Waals surface area contributed by atoms with E-state index < -0.39 is 28.1 Å². The van der Waals surface area contributed by atoms with E-state index in [1.54, 1.807) is 12.1 Å². The monoisotopic (exact) mass is 406 g/mol. The molecule has 3 aromatic rings. The van der Waals surface area contributed by atoms with E-state index in [-0.39, 0.29) is 29.6 Å². The third-order valence-corrected chi connectivity index (χ3v) is 6.56. The van der Waals surface area contributed by atoms with Gasteiger partial charge in [0.15, 0.2) is 5.67 Å². The molecule has 1 aliphatic heterocycles. The van der Waals surface area contributed by atoms with Gasteiger partial charge in [-0.25, -0.2) is 17.2 Å². The van der Waals surface area contributed by atoms with Gasteiger partial charge < -0.3 is 4.52 Å². The van der Waals surface area contributed by atoms with Gasteiger partial charge in [-0.3, -0.25) is 4.98 Å². The molecule has 2 aromatic heterocycles. The second-order valence-electron chi connectivity index (χ2n) is 6.62. The number of halogens is 2. The molecule has 1 fully saturated rings. The zero-order valence-electron chi connectivity index (χ0n) is 14.8. The largest absolute Gasteiger partial charge is 0.334 e. The van der Waals surface area contributed by atoms with Gasteiger partial charge in [-0.2, -0.15) is 9.29 Å². The summed E-state index contributed by atoms with van der Waals surface area (Å²) >= 11 is 0. The van der Waals surface area contributed by atoms with Crippen molar-refractivity contribution in [3.63, 3.8) is 0 Å². The van der Waals surface area contributed by atoms with Crippen LogP contribution in [0.5, 0.6) is 0 Å². The van der Waals surface area contributed by atoms with Gasteiger partial charge in [0.05, 0.1) is 11.4 Å². The Morgan fingerprint density at radius 3 is 2.68 bits per heavy atom. The van der Waals surface area contributed by atoms with Gasteiger partial charge in [-0.15, -0.1) is 0 Å². The maximum absolute atomic E-state index is 15.4. The highest BCUT2D eigenvalue weighted by atomic mass is 32.2. The molecule has 10 heteroatoms. The number of alkyl halides is 1. The zero-order chi connectivity index (χ0) is 19.9. The molecule has 7 nitrogen and oxygen atoms in total. The summed E-state index contributed by atoms with van der Waals surface area (Å²) < 4.78 is 60.8. The fourth-order valence-corrected chi connectivity index (χ4v) is 4.52. The van der Waals surface area contributed by atoms with Crippen molar-refractivity contribution in [2.75, 3.05) is 13.1 Å². The maximum atomic E-state index is 15.4. The minimum atomic E-state index is -4.04. The number of pyridine rings is 1. The Bertz CT molecular complexity index is 1120. The lowest BCUT2D eigenvalue weighted by atomic mass is 10.1. The minimum Gasteiger partial charge on any atom is -0.334 e. The van der Waals surface area contributed by atoms with Crippen LogP contribution in [0.4, 0.5) is 8.78 Å². The lowest BCUT2D eigenvalue weighted by molar-refractivity contribution is 0.164. The summed E-state index contributed by atoms with van der Waals surface area (Å²) in [5.41, 5.74) is -1.18. The molecule has 3 heterocycles. The molecule has 0 spiro atoms. The molecule has 0 bridgehead atoms. The normalized spacial score (nSPS) is 20.5. The number of rotatable bonds is 4. The molecule has 1 saturated heterocycles. The second-order valence-corrected chi connectivity index (χ2v) is 8.56. The number of hydrogen-bond donors (Lipinski definition) is 0. The number of aromatic nitrogens is 3. The Kier molecular flexibility index (Phi) is 4.47. The van der Waals surface area contributed by atoms with E-state index in [1.807, 2.05) is 0 Å². The van der Waals surface area contributed by atoms with Crippen LogP contribution in [0.15, 0.2) is 52.1 Å². The Morgan fingerprint density at radius 1 is 1.21 bits per heavy atom. The second kappa shape index (κ2) is 6.71. The van der Waals surface area contributed by atoms with E-state index in [9.17, 15) is 12.8 Å². The highest BCUT2D eigenvalue weighted by Crippen LogP contribution is 2.37. The summed E-state index contributed by atoms with van der Waals surface area (Å²) in [6, 6.07) is 6.90. The molecule has 4 rings (SSSR count). The van der Waals surface area contributed by atoms with Crippen LogP contribution in [-0.2, 0) is 15.7 Å². The average molecular weight is 406 g/mol. The molecule has 0 aliphatic carbocycles. The lowest BCUT2D eigenvalue weighted by Crippen LogP contribution is -2.33. The van der Waals surface area contributed by atoms with Crippen LogP contribution in [0.3, 0.4) is 0 Å². The van der Waals surface area contributed by atoms with Gasteiger partial charge >= 0.3 is 0 Å². The predicted molar refractivity (Wildman–Crippen MR) is 94.8 cm³/mol. The van der Waals surface area contributed by atoms with Crippen LogP contribution >= 0.6 is 0 Å². The van der Waals surface area contributed by atoms with Crippen LogP contribution < -0.4 is 0 Å². The molecular weight excluding hydrogens is 390 g/mol. The van der Waals surface area contributed by atoms with Crippen LogP contribution in [0.1, 0.15) is 17.8 Å².